The number of piperazine rings is 2. The van der Waals surface area contributed by atoms with E-state index in [0.29, 0.717) is 6.54 Å². The van der Waals surface area contributed by atoms with Gasteiger partial charge in [0.05, 0.1) is 32.1 Å². The van der Waals surface area contributed by atoms with Crippen LogP contribution in [0.5, 0.6) is 11.5 Å². The van der Waals surface area contributed by atoms with E-state index in [4.69, 9.17) is 9.47 Å². The van der Waals surface area contributed by atoms with Gasteiger partial charge in [0.15, 0.2) is 0 Å². The molecule has 0 N–H and O–H groups in total. The first-order valence-corrected chi connectivity index (χ1v) is 11.0. The third-order valence-corrected chi connectivity index (χ3v) is 6.22. The summed E-state index contributed by atoms with van der Waals surface area (Å²) >= 11 is 0. The number of methoxy groups -OCH3 is 2. The Morgan fingerprint density at radius 1 is 0.710 bits per heavy atom. The Morgan fingerprint density at radius 2 is 1.16 bits per heavy atom. The van der Waals surface area contributed by atoms with Gasteiger partial charge in [-0.25, -0.2) is 0 Å². The van der Waals surface area contributed by atoms with Crippen molar-refractivity contribution >= 4 is 17.3 Å². The van der Waals surface area contributed by atoms with E-state index in [0.717, 1.165) is 75.2 Å². The fraction of sp³-hybridized carbons (Fsp3) is 0.458. The van der Waals surface area contributed by atoms with Gasteiger partial charge in [0.25, 0.3) is 0 Å². The zero-order valence-electron chi connectivity index (χ0n) is 18.5. The van der Waals surface area contributed by atoms with E-state index in [1.807, 2.05) is 41.3 Å². The Hall–Kier alpha value is -2.93. The van der Waals surface area contributed by atoms with Crippen molar-refractivity contribution in [3.05, 3.63) is 48.5 Å². The molecule has 0 radical (unpaired) electrons. The molecule has 2 saturated heterocycles. The third kappa shape index (κ3) is 4.88. The quantitative estimate of drug-likeness (QED) is 0.709. The van der Waals surface area contributed by atoms with Crippen LogP contribution in [0.1, 0.15) is 0 Å². The lowest BCUT2D eigenvalue weighted by Crippen LogP contribution is -2.54. The monoisotopic (exact) mass is 424 g/mol. The standard InChI is InChI=1S/C24H32N4O3/c1-30-22-9-5-3-7-20(22)26-13-11-25(12-14-26)19-24(29)28-17-15-27(16-18-28)21-8-4-6-10-23(21)31-2/h3-10H,11-19H2,1-2H3. The molecule has 0 saturated carbocycles. The van der Waals surface area contributed by atoms with Crippen molar-refractivity contribution in [2.24, 2.45) is 0 Å². The average Bonchev–Trinajstić information content (AvgIpc) is 2.84. The molecule has 2 aromatic rings. The molecule has 7 heteroatoms. The Kier molecular flexibility index (Phi) is 6.82. The Balaban J connectivity index is 1.26. The molecule has 31 heavy (non-hydrogen) atoms. The lowest BCUT2D eigenvalue weighted by atomic mass is 10.2. The number of nitrogens with zero attached hydrogens (tertiary/aromatic N) is 4. The number of ether oxygens (including phenoxy) is 2. The molecule has 2 aliphatic heterocycles. The molecule has 0 spiro atoms. The molecule has 166 valence electrons. The second kappa shape index (κ2) is 9.92. The molecule has 0 unspecified atom stereocenters. The van der Waals surface area contributed by atoms with Crippen LogP contribution in [0.4, 0.5) is 11.4 Å². The van der Waals surface area contributed by atoms with Gasteiger partial charge >= 0.3 is 0 Å². The predicted octanol–water partition coefficient (Wildman–Crippen LogP) is 2.17. The van der Waals surface area contributed by atoms with Crippen molar-refractivity contribution in [1.29, 1.82) is 0 Å². The smallest absolute Gasteiger partial charge is 0.236 e. The van der Waals surface area contributed by atoms with E-state index in [9.17, 15) is 4.79 Å². The molecule has 7 nitrogen and oxygen atoms in total. The van der Waals surface area contributed by atoms with Crippen LogP contribution in [0.15, 0.2) is 48.5 Å². The van der Waals surface area contributed by atoms with Gasteiger partial charge in [-0.1, -0.05) is 24.3 Å². The fourth-order valence-corrected chi connectivity index (χ4v) is 4.42. The minimum Gasteiger partial charge on any atom is -0.495 e. The summed E-state index contributed by atoms with van der Waals surface area (Å²) in [6, 6.07) is 16.2. The average molecular weight is 425 g/mol. The van der Waals surface area contributed by atoms with Gasteiger partial charge in [-0.3, -0.25) is 9.69 Å². The summed E-state index contributed by atoms with van der Waals surface area (Å²) in [5, 5.41) is 0. The summed E-state index contributed by atoms with van der Waals surface area (Å²) in [5.41, 5.74) is 2.23. The van der Waals surface area contributed by atoms with E-state index >= 15 is 0 Å². The maximum atomic E-state index is 12.9. The number of carbonyl (C=O) groups is 1. The van der Waals surface area contributed by atoms with Gasteiger partial charge < -0.3 is 24.2 Å². The molecule has 1 amide bonds. The number of rotatable bonds is 6. The number of benzene rings is 2. The number of hydrogen-bond donors (Lipinski definition) is 0. The molecule has 2 fully saturated rings. The van der Waals surface area contributed by atoms with Crippen LogP contribution in [-0.2, 0) is 4.79 Å². The summed E-state index contributed by atoms with van der Waals surface area (Å²) in [6.07, 6.45) is 0. The van der Waals surface area contributed by atoms with Crippen molar-refractivity contribution in [1.82, 2.24) is 9.80 Å². The molecule has 0 atom stereocenters. The molecule has 0 aromatic heterocycles. The summed E-state index contributed by atoms with van der Waals surface area (Å²) in [6.45, 7) is 7.20. The summed E-state index contributed by atoms with van der Waals surface area (Å²) in [5.74, 6) is 2.01. The number of hydrogen-bond acceptors (Lipinski definition) is 6. The van der Waals surface area contributed by atoms with Crippen LogP contribution in [0.3, 0.4) is 0 Å². The number of para-hydroxylation sites is 4. The zero-order chi connectivity index (χ0) is 21.6. The fourth-order valence-electron chi connectivity index (χ4n) is 4.42. The SMILES string of the molecule is COc1ccccc1N1CCN(CC(=O)N2CCN(c3ccccc3OC)CC2)CC1. The highest BCUT2D eigenvalue weighted by Crippen LogP contribution is 2.29. The lowest BCUT2D eigenvalue weighted by molar-refractivity contribution is -0.132. The predicted molar refractivity (Wildman–Crippen MR) is 123 cm³/mol. The Morgan fingerprint density at radius 3 is 1.65 bits per heavy atom. The number of amides is 1. The van der Waals surface area contributed by atoms with Crippen molar-refractivity contribution in [3.63, 3.8) is 0 Å². The number of carbonyl (C=O) groups excluding carboxylic acids is 1. The second-order valence-corrected chi connectivity index (χ2v) is 7.97. The first kappa shape index (κ1) is 21.3. The molecule has 4 rings (SSSR count). The molecular formula is C24H32N4O3. The summed E-state index contributed by atoms with van der Waals surface area (Å²) in [7, 11) is 3.41. The topological polar surface area (TPSA) is 48.5 Å². The van der Waals surface area contributed by atoms with Gasteiger partial charge in [0.1, 0.15) is 11.5 Å². The summed E-state index contributed by atoms with van der Waals surface area (Å²) < 4.78 is 11.0. The van der Waals surface area contributed by atoms with Crippen LogP contribution in [0, 0.1) is 0 Å². The van der Waals surface area contributed by atoms with Crippen LogP contribution in [0.2, 0.25) is 0 Å². The van der Waals surface area contributed by atoms with Gasteiger partial charge in [-0.05, 0) is 24.3 Å². The van der Waals surface area contributed by atoms with E-state index in [1.54, 1.807) is 14.2 Å². The van der Waals surface area contributed by atoms with Crippen molar-refractivity contribution in [2.75, 3.05) is 82.9 Å². The van der Waals surface area contributed by atoms with Gasteiger partial charge in [0.2, 0.25) is 5.91 Å². The highest BCUT2D eigenvalue weighted by atomic mass is 16.5. The number of anilines is 2. The minimum absolute atomic E-state index is 0.227. The maximum absolute atomic E-state index is 12.9. The Labute approximate surface area is 184 Å². The normalized spacial score (nSPS) is 17.5. The first-order chi connectivity index (χ1) is 15.2. The molecule has 2 aromatic carbocycles. The summed E-state index contributed by atoms with van der Waals surface area (Å²) in [4.78, 5) is 21.8. The van der Waals surface area contributed by atoms with Crippen LogP contribution in [-0.4, -0.2) is 88.8 Å². The van der Waals surface area contributed by atoms with Crippen molar-refractivity contribution in [2.45, 2.75) is 0 Å². The van der Waals surface area contributed by atoms with E-state index < -0.39 is 0 Å². The highest BCUT2D eigenvalue weighted by molar-refractivity contribution is 5.78. The van der Waals surface area contributed by atoms with E-state index in [-0.39, 0.29) is 5.91 Å². The highest BCUT2D eigenvalue weighted by Gasteiger charge is 2.26. The van der Waals surface area contributed by atoms with E-state index in [2.05, 4.69) is 26.8 Å². The zero-order valence-corrected chi connectivity index (χ0v) is 18.5. The van der Waals surface area contributed by atoms with Crippen molar-refractivity contribution < 1.29 is 14.3 Å². The minimum atomic E-state index is 0.227. The van der Waals surface area contributed by atoms with Crippen molar-refractivity contribution in [3.8, 4) is 11.5 Å². The molecule has 0 bridgehead atoms. The Bertz CT molecular complexity index is 875. The van der Waals surface area contributed by atoms with Gasteiger partial charge in [0, 0.05) is 52.4 Å². The molecular weight excluding hydrogens is 392 g/mol. The second-order valence-electron chi connectivity index (χ2n) is 7.97. The third-order valence-electron chi connectivity index (χ3n) is 6.22. The first-order valence-electron chi connectivity index (χ1n) is 11.0. The maximum Gasteiger partial charge on any atom is 0.236 e. The van der Waals surface area contributed by atoms with Crippen LogP contribution >= 0.6 is 0 Å². The molecule has 2 aliphatic rings. The molecule has 0 aliphatic carbocycles. The van der Waals surface area contributed by atoms with Crippen LogP contribution < -0.4 is 19.3 Å². The van der Waals surface area contributed by atoms with Crippen LogP contribution in [0.25, 0.3) is 0 Å². The largest absolute Gasteiger partial charge is 0.495 e. The van der Waals surface area contributed by atoms with E-state index in [1.165, 1.54) is 0 Å². The van der Waals surface area contributed by atoms with Gasteiger partial charge in [-0.2, -0.15) is 0 Å². The van der Waals surface area contributed by atoms with Gasteiger partial charge in [-0.15, -0.1) is 0 Å². The lowest BCUT2D eigenvalue weighted by Gasteiger charge is -2.39. The molecule has 2 heterocycles.